The van der Waals surface area contributed by atoms with Gasteiger partial charge in [-0.3, -0.25) is 4.79 Å². The Bertz CT molecular complexity index is 179. The topological polar surface area (TPSA) is 17.1 Å². The Labute approximate surface area is 87.3 Å². The molecule has 2 aliphatic carbocycles. The summed E-state index contributed by atoms with van der Waals surface area (Å²) in [6.07, 6.45) is 12.8. The maximum Gasteiger partial charge on any atom is 0.139 e. The molecule has 2 unspecified atom stereocenters. The first-order valence-corrected chi connectivity index (χ1v) is 6.41. The highest BCUT2D eigenvalue weighted by Crippen LogP contribution is 2.33. The van der Waals surface area contributed by atoms with Crippen molar-refractivity contribution in [2.24, 2.45) is 11.8 Å². The van der Waals surface area contributed by atoms with Gasteiger partial charge >= 0.3 is 0 Å². The second-order valence-electron chi connectivity index (χ2n) is 5.07. The van der Waals surface area contributed by atoms with Crippen LogP contribution in [0.25, 0.3) is 0 Å². The summed E-state index contributed by atoms with van der Waals surface area (Å²) < 4.78 is 0. The Hall–Kier alpha value is -0.330. The van der Waals surface area contributed by atoms with Crippen LogP contribution < -0.4 is 0 Å². The van der Waals surface area contributed by atoms with Crippen LogP contribution in [-0.4, -0.2) is 5.78 Å². The summed E-state index contributed by atoms with van der Waals surface area (Å²) >= 11 is 0. The van der Waals surface area contributed by atoms with E-state index in [1.807, 2.05) is 0 Å². The third kappa shape index (κ3) is 2.37. The largest absolute Gasteiger partial charge is 0.299 e. The van der Waals surface area contributed by atoms with Gasteiger partial charge in [0.25, 0.3) is 0 Å². The van der Waals surface area contributed by atoms with Crippen LogP contribution in [0.1, 0.15) is 64.2 Å². The van der Waals surface area contributed by atoms with Gasteiger partial charge in [-0.25, -0.2) is 0 Å². The molecule has 0 N–H and O–H groups in total. The standard InChI is InChI=1S/C13H22O/c14-13-11-7-4-2-1-3-5-8-12(13)10-6-9-11/h11-12H,1-10H2. The fourth-order valence-corrected chi connectivity index (χ4v) is 3.11. The van der Waals surface area contributed by atoms with Crippen molar-refractivity contribution in [3.05, 3.63) is 0 Å². The Balaban J connectivity index is 1.97. The Morgan fingerprint density at radius 1 is 0.643 bits per heavy atom. The summed E-state index contributed by atoms with van der Waals surface area (Å²) in [5.74, 6) is 1.52. The molecule has 0 aromatic rings. The summed E-state index contributed by atoms with van der Waals surface area (Å²) in [6, 6.07) is 0. The van der Waals surface area contributed by atoms with Crippen molar-refractivity contribution in [2.75, 3.05) is 0 Å². The van der Waals surface area contributed by atoms with Gasteiger partial charge in [0, 0.05) is 11.8 Å². The zero-order valence-corrected chi connectivity index (χ0v) is 9.13. The van der Waals surface area contributed by atoms with Gasteiger partial charge in [0.2, 0.25) is 0 Å². The first-order chi connectivity index (χ1) is 6.88. The molecule has 0 aromatic carbocycles. The summed E-state index contributed by atoms with van der Waals surface area (Å²) in [4.78, 5) is 12.0. The molecule has 0 heterocycles. The third-order valence-corrected chi connectivity index (χ3v) is 4.02. The third-order valence-electron chi connectivity index (χ3n) is 4.02. The van der Waals surface area contributed by atoms with E-state index in [0.717, 1.165) is 0 Å². The van der Waals surface area contributed by atoms with Crippen LogP contribution in [0.15, 0.2) is 0 Å². The molecule has 80 valence electrons. The first-order valence-electron chi connectivity index (χ1n) is 6.41. The van der Waals surface area contributed by atoms with Crippen LogP contribution in [-0.2, 0) is 4.79 Å². The zero-order chi connectivity index (χ0) is 9.80. The van der Waals surface area contributed by atoms with Gasteiger partial charge in [-0.2, -0.15) is 0 Å². The maximum absolute atomic E-state index is 12.0. The molecule has 0 amide bonds. The average molecular weight is 194 g/mol. The normalized spacial score (nSPS) is 35.3. The molecule has 2 aliphatic rings. The summed E-state index contributed by atoms with van der Waals surface area (Å²) in [5.41, 5.74) is 0. The van der Waals surface area contributed by atoms with Crippen molar-refractivity contribution < 1.29 is 4.79 Å². The van der Waals surface area contributed by atoms with Crippen molar-refractivity contribution in [3.8, 4) is 0 Å². The summed E-state index contributed by atoms with van der Waals surface area (Å²) in [5, 5.41) is 0. The van der Waals surface area contributed by atoms with E-state index in [1.165, 1.54) is 64.2 Å². The van der Waals surface area contributed by atoms with Crippen molar-refractivity contribution in [2.45, 2.75) is 64.2 Å². The molecule has 1 nitrogen and oxygen atoms in total. The highest BCUT2D eigenvalue weighted by molar-refractivity contribution is 5.84. The molecule has 0 spiro atoms. The number of rotatable bonds is 0. The highest BCUT2D eigenvalue weighted by atomic mass is 16.1. The number of hydrogen-bond donors (Lipinski definition) is 0. The van der Waals surface area contributed by atoms with Gasteiger partial charge in [0.15, 0.2) is 0 Å². The van der Waals surface area contributed by atoms with Gasteiger partial charge < -0.3 is 0 Å². The second kappa shape index (κ2) is 4.95. The number of carbonyl (C=O) groups is 1. The van der Waals surface area contributed by atoms with Gasteiger partial charge in [-0.1, -0.05) is 38.5 Å². The fraction of sp³-hybridized carbons (Fsp3) is 0.923. The minimum absolute atomic E-state index is 0.451. The molecule has 2 bridgehead atoms. The lowest BCUT2D eigenvalue weighted by Crippen LogP contribution is -2.28. The van der Waals surface area contributed by atoms with E-state index in [-0.39, 0.29) is 0 Å². The summed E-state index contributed by atoms with van der Waals surface area (Å²) in [6.45, 7) is 0. The quantitative estimate of drug-likeness (QED) is 0.574. The number of hydrogen-bond acceptors (Lipinski definition) is 1. The van der Waals surface area contributed by atoms with E-state index in [2.05, 4.69) is 0 Å². The van der Waals surface area contributed by atoms with E-state index in [4.69, 9.17) is 0 Å². The lowest BCUT2D eigenvalue weighted by atomic mass is 9.75. The van der Waals surface area contributed by atoms with Crippen molar-refractivity contribution in [3.63, 3.8) is 0 Å². The SMILES string of the molecule is O=C1C2CCCCCCCC1CCC2. The molecule has 2 saturated carbocycles. The van der Waals surface area contributed by atoms with Crippen LogP contribution in [0.2, 0.25) is 0 Å². The van der Waals surface area contributed by atoms with Crippen LogP contribution >= 0.6 is 0 Å². The Morgan fingerprint density at radius 2 is 1.07 bits per heavy atom. The lowest BCUT2D eigenvalue weighted by Gasteiger charge is -2.28. The number of ketones is 1. The average Bonchev–Trinajstić information content (AvgIpc) is 2.18. The molecule has 14 heavy (non-hydrogen) atoms. The van der Waals surface area contributed by atoms with Crippen LogP contribution in [0.5, 0.6) is 0 Å². The number of fused-ring (bicyclic) bond motifs is 2. The van der Waals surface area contributed by atoms with Gasteiger partial charge in [0.05, 0.1) is 0 Å². The molecule has 0 saturated heterocycles. The van der Waals surface area contributed by atoms with Crippen LogP contribution in [0.3, 0.4) is 0 Å². The Morgan fingerprint density at radius 3 is 1.64 bits per heavy atom. The van der Waals surface area contributed by atoms with Gasteiger partial charge in [-0.05, 0) is 25.7 Å². The molecule has 1 heteroatoms. The van der Waals surface area contributed by atoms with E-state index in [1.54, 1.807) is 0 Å². The van der Waals surface area contributed by atoms with E-state index in [9.17, 15) is 4.79 Å². The molecular weight excluding hydrogens is 172 g/mol. The van der Waals surface area contributed by atoms with Crippen LogP contribution in [0, 0.1) is 11.8 Å². The van der Waals surface area contributed by atoms with Crippen molar-refractivity contribution in [1.82, 2.24) is 0 Å². The van der Waals surface area contributed by atoms with Crippen LogP contribution in [0.4, 0.5) is 0 Å². The zero-order valence-electron chi connectivity index (χ0n) is 9.13. The van der Waals surface area contributed by atoms with E-state index < -0.39 is 0 Å². The minimum Gasteiger partial charge on any atom is -0.299 e. The molecule has 2 rings (SSSR count). The molecule has 0 aliphatic heterocycles. The monoisotopic (exact) mass is 194 g/mol. The molecule has 0 aromatic heterocycles. The summed E-state index contributed by atoms with van der Waals surface area (Å²) in [7, 11) is 0. The Kier molecular flexibility index (Phi) is 3.61. The lowest BCUT2D eigenvalue weighted by molar-refractivity contribution is -0.129. The van der Waals surface area contributed by atoms with Crippen molar-refractivity contribution >= 4 is 5.78 Å². The molecule has 2 atom stereocenters. The van der Waals surface area contributed by atoms with E-state index >= 15 is 0 Å². The van der Waals surface area contributed by atoms with Gasteiger partial charge in [-0.15, -0.1) is 0 Å². The second-order valence-corrected chi connectivity index (χ2v) is 5.07. The first kappa shape index (κ1) is 10.2. The smallest absolute Gasteiger partial charge is 0.139 e. The number of carbonyl (C=O) groups excluding carboxylic acids is 1. The van der Waals surface area contributed by atoms with Gasteiger partial charge in [0.1, 0.15) is 5.78 Å². The minimum atomic E-state index is 0.451. The number of Topliss-reactive ketones (excluding diaryl/α,β-unsaturated/α-hetero) is 1. The molecule has 0 radical (unpaired) electrons. The maximum atomic E-state index is 12.0. The molecular formula is C13H22O. The highest BCUT2D eigenvalue weighted by Gasteiger charge is 2.30. The predicted octanol–water partition coefficient (Wildman–Crippen LogP) is 3.72. The molecule has 2 fully saturated rings. The van der Waals surface area contributed by atoms with E-state index in [0.29, 0.717) is 17.6 Å². The fourth-order valence-electron chi connectivity index (χ4n) is 3.11. The predicted molar refractivity (Wildman–Crippen MR) is 58.2 cm³/mol. The van der Waals surface area contributed by atoms with Crippen molar-refractivity contribution in [1.29, 1.82) is 0 Å².